The normalized spacial score (nSPS) is 33.6. The first-order chi connectivity index (χ1) is 4.74. The summed E-state index contributed by atoms with van der Waals surface area (Å²) in [5, 5.41) is 8.87. The fourth-order valence-electron chi connectivity index (χ4n) is 1.88. The Morgan fingerprint density at radius 2 is 2.10 bits per heavy atom. The zero-order valence-corrected chi connectivity index (χ0v) is 7.01. The highest BCUT2D eigenvalue weighted by molar-refractivity contribution is 4.76. The Balaban J connectivity index is 2.28. The highest BCUT2D eigenvalue weighted by Gasteiger charge is 2.25. The van der Waals surface area contributed by atoms with Crippen LogP contribution in [0.3, 0.4) is 0 Å². The Morgan fingerprint density at radius 3 is 2.40 bits per heavy atom. The summed E-state index contributed by atoms with van der Waals surface area (Å²) in [5.74, 6) is 2.32. The predicted octanol–water partition coefficient (Wildman–Crippen LogP) is 2.05. The second kappa shape index (κ2) is 3.38. The zero-order valence-electron chi connectivity index (χ0n) is 7.01. The van der Waals surface area contributed by atoms with Crippen molar-refractivity contribution in [1.29, 1.82) is 0 Å². The molecule has 2 atom stereocenters. The van der Waals surface area contributed by atoms with Crippen molar-refractivity contribution in [3.63, 3.8) is 0 Å². The van der Waals surface area contributed by atoms with E-state index in [2.05, 4.69) is 13.8 Å². The predicted molar refractivity (Wildman–Crippen MR) is 42.8 cm³/mol. The Kier molecular flexibility index (Phi) is 2.72. The van der Waals surface area contributed by atoms with E-state index in [1.807, 2.05) is 0 Å². The lowest BCUT2D eigenvalue weighted by molar-refractivity contribution is 0.222. The third-order valence-corrected chi connectivity index (χ3v) is 2.78. The van der Waals surface area contributed by atoms with Crippen LogP contribution in [0.1, 0.15) is 33.1 Å². The lowest BCUT2D eigenvalue weighted by atomic mass is 9.93. The van der Waals surface area contributed by atoms with Crippen LogP contribution in [0.25, 0.3) is 0 Å². The molecule has 10 heavy (non-hydrogen) atoms. The second-order valence-electron chi connectivity index (χ2n) is 3.87. The first-order valence-corrected chi connectivity index (χ1v) is 4.35. The molecule has 0 amide bonds. The molecule has 1 nitrogen and oxygen atoms in total. The van der Waals surface area contributed by atoms with E-state index in [0.717, 1.165) is 11.8 Å². The van der Waals surface area contributed by atoms with E-state index >= 15 is 0 Å². The molecular weight excluding hydrogens is 124 g/mol. The van der Waals surface area contributed by atoms with Gasteiger partial charge in [0.15, 0.2) is 0 Å². The third-order valence-electron chi connectivity index (χ3n) is 2.78. The Morgan fingerprint density at radius 1 is 1.40 bits per heavy atom. The SMILES string of the molecule is CC(C)[C@H]1CC[C@@H](CO)C1. The molecule has 1 heteroatoms. The van der Waals surface area contributed by atoms with Crippen LogP contribution in [-0.4, -0.2) is 11.7 Å². The molecule has 0 aromatic carbocycles. The van der Waals surface area contributed by atoms with Crippen LogP contribution in [0.15, 0.2) is 0 Å². The minimum absolute atomic E-state index is 0.406. The van der Waals surface area contributed by atoms with Gasteiger partial charge in [-0.3, -0.25) is 0 Å². The molecule has 1 N–H and O–H groups in total. The lowest BCUT2D eigenvalue weighted by Crippen LogP contribution is -2.05. The van der Waals surface area contributed by atoms with Gasteiger partial charge in [0.1, 0.15) is 0 Å². The maximum absolute atomic E-state index is 8.87. The third kappa shape index (κ3) is 1.72. The summed E-state index contributed by atoms with van der Waals surface area (Å²) in [7, 11) is 0. The van der Waals surface area contributed by atoms with Crippen molar-refractivity contribution in [2.75, 3.05) is 6.61 Å². The topological polar surface area (TPSA) is 20.2 Å². The Bertz CT molecular complexity index is 98.9. The molecule has 0 bridgehead atoms. The van der Waals surface area contributed by atoms with Crippen LogP contribution in [-0.2, 0) is 0 Å². The molecule has 0 aliphatic heterocycles. The van der Waals surface area contributed by atoms with Gasteiger partial charge in [-0.25, -0.2) is 0 Å². The Labute approximate surface area is 63.4 Å². The summed E-state index contributed by atoms with van der Waals surface area (Å²) >= 11 is 0. The highest BCUT2D eigenvalue weighted by Crippen LogP contribution is 2.34. The van der Waals surface area contributed by atoms with Crippen molar-refractivity contribution in [3.05, 3.63) is 0 Å². The number of aliphatic hydroxyl groups is 1. The fourth-order valence-corrected chi connectivity index (χ4v) is 1.88. The zero-order chi connectivity index (χ0) is 7.56. The van der Waals surface area contributed by atoms with Crippen LogP contribution in [0.2, 0.25) is 0 Å². The summed E-state index contributed by atoms with van der Waals surface area (Å²) in [6, 6.07) is 0. The molecule has 0 spiro atoms. The number of hydrogen-bond donors (Lipinski definition) is 1. The number of rotatable bonds is 2. The van der Waals surface area contributed by atoms with Crippen molar-refractivity contribution in [2.24, 2.45) is 17.8 Å². The average Bonchev–Trinajstić information content (AvgIpc) is 2.34. The van der Waals surface area contributed by atoms with Gasteiger partial charge in [0.05, 0.1) is 0 Å². The minimum atomic E-state index is 0.406. The summed E-state index contributed by atoms with van der Waals surface area (Å²) in [4.78, 5) is 0. The summed E-state index contributed by atoms with van der Waals surface area (Å²) in [6.45, 7) is 4.97. The minimum Gasteiger partial charge on any atom is -0.396 e. The van der Waals surface area contributed by atoms with Gasteiger partial charge < -0.3 is 5.11 Å². The van der Waals surface area contributed by atoms with E-state index in [-0.39, 0.29) is 0 Å². The van der Waals surface area contributed by atoms with Gasteiger partial charge in [0.2, 0.25) is 0 Å². The summed E-state index contributed by atoms with van der Waals surface area (Å²) < 4.78 is 0. The van der Waals surface area contributed by atoms with Crippen LogP contribution in [0.4, 0.5) is 0 Å². The molecule has 0 aromatic heterocycles. The number of aliphatic hydroxyl groups excluding tert-OH is 1. The number of hydrogen-bond acceptors (Lipinski definition) is 1. The van der Waals surface area contributed by atoms with Gasteiger partial charge >= 0.3 is 0 Å². The lowest BCUT2D eigenvalue weighted by Gasteiger charge is -2.13. The largest absolute Gasteiger partial charge is 0.396 e. The van der Waals surface area contributed by atoms with E-state index in [9.17, 15) is 0 Å². The van der Waals surface area contributed by atoms with E-state index in [0.29, 0.717) is 12.5 Å². The average molecular weight is 142 g/mol. The van der Waals surface area contributed by atoms with Gasteiger partial charge in [-0.15, -0.1) is 0 Å². The molecule has 1 rings (SSSR count). The molecule has 0 radical (unpaired) electrons. The second-order valence-corrected chi connectivity index (χ2v) is 3.87. The van der Waals surface area contributed by atoms with Crippen molar-refractivity contribution >= 4 is 0 Å². The molecule has 1 saturated carbocycles. The van der Waals surface area contributed by atoms with Gasteiger partial charge in [0.25, 0.3) is 0 Å². The van der Waals surface area contributed by atoms with Crippen LogP contribution < -0.4 is 0 Å². The molecule has 0 heterocycles. The van der Waals surface area contributed by atoms with Crippen LogP contribution in [0, 0.1) is 17.8 Å². The van der Waals surface area contributed by atoms with Crippen LogP contribution >= 0.6 is 0 Å². The summed E-state index contributed by atoms with van der Waals surface area (Å²) in [6.07, 6.45) is 3.84. The van der Waals surface area contributed by atoms with Gasteiger partial charge in [-0.1, -0.05) is 13.8 Å². The molecule has 0 saturated heterocycles. The van der Waals surface area contributed by atoms with Crippen molar-refractivity contribution in [2.45, 2.75) is 33.1 Å². The molecule has 60 valence electrons. The van der Waals surface area contributed by atoms with Crippen molar-refractivity contribution in [3.8, 4) is 0 Å². The molecule has 0 unspecified atom stereocenters. The first-order valence-electron chi connectivity index (χ1n) is 4.35. The van der Waals surface area contributed by atoms with E-state index in [1.165, 1.54) is 19.3 Å². The van der Waals surface area contributed by atoms with Crippen molar-refractivity contribution in [1.82, 2.24) is 0 Å². The quantitative estimate of drug-likeness (QED) is 0.625. The maximum Gasteiger partial charge on any atom is 0.0459 e. The van der Waals surface area contributed by atoms with Gasteiger partial charge in [0, 0.05) is 6.61 Å². The molecule has 1 aliphatic carbocycles. The Hall–Kier alpha value is -0.0400. The fraction of sp³-hybridized carbons (Fsp3) is 1.00. The van der Waals surface area contributed by atoms with E-state index < -0.39 is 0 Å². The smallest absolute Gasteiger partial charge is 0.0459 e. The maximum atomic E-state index is 8.87. The highest BCUT2D eigenvalue weighted by atomic mass is 16.3. The molecule has 0 aromatic rings. The molecule has 1 fully saturated rings. The monoisotopic (exact) mass is 142 g/mol. The van der Waals surface area contributed by atoms with E-state index in [4.69, 9.17) is 5.11 Å². The molecule has 1 aliphatic rings. The van der Waals surface area contributed by atoms with Gasteiger partial charge in [-0.05, 0) is 37.0 Å². The summed E-state index contributed by atoms with van der Waals surface area (Å²) in [5.41, 5.74) is 0. The van der Waals surface area contributed by atoms with Crippen molar-refractivity contribution < 1.29 is 5.11 Å². The van der Waals surface area contributed by atoms with Crippen LogP contribution in [0.5, 0.6) is 0 Å². The molecular formula is C9H18O. The van der Waals surface area contributed by atoms with E-state index in [1.54, 1.807) is 0 Å². The van der Waals surface area contributed by atoms with Gasteiger partial charge in [-0.2, -0.15) is 0 Å². The standard InChI is InChI=1S/C9H18O/c1-7(2)9-4-3-8(5-9)6-10/h7-10H,3-6H2,1-2H3/t8-,9+/m1/s1. The first kappa shape index (κ1) is 8.06.